The van der Waals surface area contributed by atoms with E-state index in [0.717, 1.165) is 12.1 Å². The monoisotopic (exact) mass is 479 g/mol. The zero-order chi connectivity index (χ0) is 23.7. The Morgan fingerprint density at radius 1 is 0.875 bits per heavy atom. The summed E-state index contributed by atoms with van der Waals surface area (Å²) < 4.78 is 47.7. The van der Waals surface area contributed by atoms with Crippen molar-refractivity contribution in [2.45, 2.75) is 11.3 Å². The van der Waals surface area contributed by atoms with Crippen LogP contribution < -0.4 is 10.0 Å². The van der Waals surface area contributed by atoms with E-state index in [9.17, 15) is 23.3 Å². The van der Waals surface area contributed by atoms with Crippen molar-refractivity contribution in [3.05, 3.63) is 34.4 Å². The van der Waals surface area contributed by atoms with Crippen LogP contribution in [0.25, 0.3) is 0 Å². The molecule has 0 aromatic heterocycles. The minimum atomic E-state index is -3.76. The molecule has 1 aromatic rings. The molecule has 32 heavy (non-hydrogen) atoms. The summed E-state index contributed by atoms with van der Waals surface area (Å²) >= 11 is 0. The number of ether oxygens (including phenoxy) is 4. The number of nitro benzene ring substituents is 1. The summed E-state index contributed by atoms with van der Waals surface area (Å²) in [5.74, 6) is 0. The van der Waals surface area contributed by atoms with Gasteiger partial charge in [0.15, 0.2) is 0 Å². The van der Waals surface area contributed by atoms with Crippen molar-refractivity contribution in [1.82, 2.24) is 10.0 Å². The van der Waals surface area contributed by atoms with Gasteiger partial charge in [-0.1, -0.05) is 0 Å². The lowest BCUT2D eigenvalue weighted by molar-refractivity contribution is -0.384. The highest BCUT2D eigenvalue weighted by Gasteiger charge is 2.15. The van der Waals surface area contributed by atoms with E-state index < -0.39 is 21.0 Å². The number of rotatable bonds is 19. The number of nitrogens with one attached hydrogen (secondary N) is 2. The van der Waals surface area contributed by atoms with E-state index in [0.29, 0.717) is 46.1 Å². The van der Waals surface area contributed by atoms with Crippen molar-refractivity contribution in [3.8, 4) is 0 Å². The van der Waals surface area contributed by atoms with Gasteiger partial charge in [0.25, 0.3) is 5.69 Å². The molecule has 0 bridgehead atoms. The predicted molar refractivity (Wildman–Crippen MR) is 112 cm³/mol. The van der Waals surface area contributed by atoms with Gasteiger partial charge in [-0.15, -0.1) is 0 Å². The summed E-state index contributed by atoms with van der Waals surface area (Å²) in [6.45, 7) is 3.16. The SMILES string of the molecule is O=C(O)NCCOCCCOCCOCCOCCNS(=O)(=O)c1ccc([N+](=O)[O-])cc1. The number of nitrogens with zero attached hydrogens (tertiary/aromatic N) is 1. The second kappa shape index (κ2) is 16.3. The lowest BCUT2D eigenvalue weighted by Crippen LogP contribution is -2.27. The molecule has 0 unspecified atom stereocenters. The van der Waals surface area contributed by atoms with E-state index in [1.807, 2.05) is 0 Å². The molecule has 0 aliphatic carbocycles. The lowest BCUT2D eigenvalue weighted by Gasteiger charge is -2.08. The van der Waals surface area contributed by atoms with Gasteiger partial charge >= 0.3 is 6.09 Å². The van der Waals surface area contributed by atoms with E-state index in [1.54, 1.807) is 0 Å². The third kappa shape index (κ3) is 13.1. The molecule has 0 aliphatic rings. The van der Waals surface area contributed by atoms with Gasteiger partial charge in [-0.3, -0.25) is 10.1 Å². The number of hydrogen-bond donors (Lipinski definition) is 3. The summed E-state index contributed by atoms with van der Waals surface area (Å²) in [7, 11) is -3.76. The van der Waals surface area contributed by atoms with Gasteiger partial charge in [0.1, 0.15) is 0 Å². The number of benzene rings is 1. The summed E-state index contributed by atoms with van der Waals surface area (Å²) in [5.41, 5.74) is -0.186. The number of sulfonamides is 1. The quantitative estimate of drug-likeness (QED) is 0.145. The molecular formula is C18H29N3O10S. The van der Waals surface area contributed by atoms with E-state index in [-0.39, 0.29) is 36.9 Å². The molecule has 0 heterocycles. The van der Waals surface area contributed by atoms with Crippen LogP contribution in [0, 0.1) is 10.1 Å². The first kappa shape index (κ1) is 27.7. The average Bonchev–Trinajstić information content (AvgIpc) is 2.75. The topological polar surface area (TPSA) is 176 Å². The zero-order valence-electron chi connectivity index (χ0n) is 17.6. The van der Waals surface area contributed by atoms with Crippen LogP contribution in [0.15, 0.2) is 29.2 Å². The second-order valence-corrected chi connectivity index (χ2v) is 7.95. The highest BCUT2D eigenvalue weighted by atomic mass is 32.2. The molecule has 0 saturated carbocycles. The number of carbonyl (C=O) groups is 1. The highest BCUT2D eigenvalue weighted by molar-refractivity contribution is 7.89. The molecule has 0 atom stereocenters. The van der Waals surface area contributed by atoms with Crippen molar-refractivity contribution in [1.29, 1.82) is 0 Å². The summed E-state index contributed by atoms with van der Waals surface area (Å²) in [5, 5.41) is 21.2. The number of hydrogen-bond acceptors (Lipinski definition) is 9. The number of carboxylic acid groups (broad SMARTS) is 1. The fourth-order valence-electron chi connectivity index (χ4n) is 2.22. The number of nitro groups is 1. The maximum Gasteiger partial charge on any atom is 0.404 e. The van der Waals surface area contributed by atoms with Crippen molar-refractivity contribution in [2.24, 2.45) is 0 Å². The Hall–Kier alpha value is -2.36. The molecule has 0 radical (unpaired) electrons. The Labute approximate surface area is 186 Å². The molecule has 0 saturated heterocycles. The maximum absolute atomic E-state index is 12.1. The molecule has 1 aromatic carbocycles. The average molecular weight is 480 g/mol. The van der Waals surface area contributed by atoms with Crippen LogP contribution in [-0.2, 0) is 29.0 Å². The Balaban J connectivity index is 1.92. The van der Waals surface area contributed by atoms with Gasteiger partial charge in [0.2, 0.25) is 10.0 Å². The van der Waals surface area contributed by atoms with Crippen molar-refractivity contribution < 1.29 is 42.2 Å². The predicted octanol–water partition coefficient (Wildman–Crippen LogP) is 0.597. The Kier molecular flexibility index (Phi) is 14.1. The molecule has 13 nitrogen and oxygen atoms in total. The summed E-state index contributed by atoms with van der Waals surface area (Å²) in [4.78, 5) is 20.1. The molecule has 0 fully saturated rings. The largest absolute Gasteiger partial charge is 0.465 e. The minimum Gasteiger partial charge on any atom is -0.465 e. The van der Waals surface area contributed by atoms with Crippen LogP contribution in [0.3, 0.4) is 0 Å². The molecular weight excluding hydrogens is 450 g/mol. The minimum absolute atomic E-state index is 0.0525. The van der Waals surface area contributed by atoms with Gasteiger partial charge < -0.3 is 29.4 Å². The van der Waals surface area contributed by atoms with Gasteiger partial charge in [-0.25, -0.2) is 17.9 Å². The summed E-state index contributed by atoms with van der Waals surface area (Å²) in [6, 6.07) is 4.60. The van der Waals surface area contributed by atoms with Crippen LogP contribution in [0.2, 0.25) is 0 Å². The van der Waals surface area contributed by atoms with Gasteiger partial charge in [0.05, 0.1) is 49.5 Å². The van der Waals surface area contributed by atoms with Gasteiger partial charge in [0, 0.05) is 38.4 Å². The Bertz CT molecular complexity index is 774. The second-order valence-electron chi connectivity index (χ2n) is 6.18. The molecule has 182 valence electrons. The number of amides is 1. The number of non-ortho nitro benzene ring substituents is 1. The summed E-state index contributed by atoms with van der Waals surface area (Å²) in [6.07, 6.45) is -0.391. The molecule has 3 N–H and O–H groups in total. The first-order valence-electron chi connectivity index (χ1n) is 9.85. The Morgan fingerprint density at radius 3 is 1.94 bits per heavy atom. The third-order valence-electron chi connectivity index (χ3n) is 3.74. The fraction of sp³-hybridized carbons (Fsp3) is 0.611. The molecule has 0 spiro atoms. The van der Waals surface area contributed by atoms with E-state index in [4.69, 9.17) is 24.1 Å². The van der Waals surface area contributed by atoms with Crippen molar-refractivity contribution in [2.75, 3.05) is 65.9 Å². The Morgan fingerprint density at radius 2 is 1.38 bits per heavy atom. The highest BCUT2D eigenvalue weighted by Crippen LogP contribution is 2.15. The molecule has 1 rings (SSSR count). The standard InChI is InChI=1S/C18H29N3O10S/c22-18(23)19-6-10-28-8-1-9-29-12-14-31-15-13-30-11-7-20-32(26,27)17-4-2-16(3-5-17)21(24)25/h2-5,19-20H,1,6-15H2,(H,22,23). The third-order valence-corrected chi connectivity index (χ3v) is 5.22. The van der Waals surface area contributed by atoms with E-state index >= 15 is 0 Å². The molecule has 0 aliphatic heterocycles. The van der Waals surface area contributed by atoms with Crippen LogP contribution in [0.4, 0.5) is 10.5 Å². The van der Waals surface area contributed by atoms with Crippen molar-refractivity contribution in [3.63, 3.8) is 0 Å². The van der Waals surface area contributed by atoms with Crippen LogP contribution in [-0.4, -0.2) is 90.5 Å². The maximum atomic E-state index is 12.1. The fourth-order valence-corrected chi connectivity index (χ4v) is 3.23. The van der Waals surface area contributed by atoms with Gasteiger partial charge in [-0.2, -0.15) is 0 Å². The van der Waals surface area contributed by atoms with E-state index in [2.05, 4.69) is 10.0 Å². The van der Waals surface area contributed by atoms with E-state index in [1.165, 1.54) is 12.1 Å². The first-order valence-corrected chi connectivity index (χ1v) is 11.3. The van der Waals surface area contributed by atoms with Crippen molar-refractivity contribution >= 4 is 21.8 Å². The zero-order valence-corrected chi connectivity index (χ0v) is 18.4. The van der Waals surface area contributed by atoms with Crippen LogP contribution >= 0.6 is 0 Å². The van der Waals surface area contributed by atoms with Crippen LogP contribution in [0.1, 0.15) is 6.42 Å². The van der Waals surface area contributed by atoms with Crippen LogP contribution in [0.5, 0.6) is 0 Å². The van der Waals surface area contributed by atoms with Gasteiger partial charge in [-0.05, 0) is 18.6 Å². The smallest absolute Gasteiger partial charge is 0.404 e. The normalized spacial score (nSPS) is 11.4. The lowest BCUT2D eigenvalue weighted by atomic mass is 10.3. The molecule has 14 heteroatoms. The first-order chi connectivity index (χ1) is 15.3. The molecule has 1 amide bonds.